The second-order valence-electron chi connectivity index (χ2n) is 3.52. The lowest BCUT2D eigenvalue weighted by Gasteiger charge is -2.07. The highest BCUT2D eigenvalue weighted by molar-refractivity contribution is 9.11. The van der Waals surface area contributed by atoms with E-state index < -0.39 is 0 Å². The molecule has 2 rings (SSSR count). The van der Waals surface area contributed by atoms with Gasteiger partial charge in [0.15, 0.2) is 0 Å². The SMILES string of the molecule is Cc1ccc(-n2cc(Br)cc(Br)c2=O)cc1. The Labute approximate surface area is 110 Å². The number of pyridine rings is 1. The van der Waals surface area contributed by atoms with E-state index in [2.05, 4.69) is 31.9 Å². The Morgan fingerprint density at radius 1 is 1.12 bits per heavy atom. The molecule has 0 aliphatic rings. The average molecular weight is 343 g/mol. The van der Waals surface area contributed by atoms with Crippen molar-refractivity contribution >= 4 is 31.9 Å². The van der Waals surface area contributed by atoms with Crippen LogP contribution in [-0.4, -0.2) is 4.57 Å². The molecule has 0 amide bonds. The minimum Gasteiger partial charge on any atom is -0.282 e. The van der Waals surface area contributed by atoms with Crippen molar-refractivity contribution in [2.24, 2.45) is 0 Å². The third kappa shape index (κ3) is 2.28. The largest absolute Gasteiger partial charge is 0.282 e. The summed E-state index contributed by atoms with van der Waals surface area (Å²) in [6, 6.07) is 9.56. The Morgan fingerprint density at radius 3 is 2.38 bits per heavy atom. The fraction of sp³-hybridized carbons (Fsp3) is 0.0833. The van der Waals surface area contributed by atoms with Gasteiger partial charge in [0.25, 0.3) is 5.56 Å². The van der Waals surface area contributed by atoms with Crippen molar-refractivity contribution in [3.05, 3.63) is 61.4 Å². The molecule has 0 spiro atoms. The van der Waals surface area contributed by atoms with Crippen LogP contribution in [0, 0.1) is 6.92 Å². The van der Waals surface area contributed by atoms with E-state index >= 15 is 0 Å². The highest BCUT2D eigenvalue weighted by Crippen LogP contribution is 2.16. The summed E-state index contributed by atoms with van der Waals surface area (Å²) in [6.07, 6.45) is 1.76. The maximum absolute atomic E-state index is 11.9. The highest BCUT2D eigenvalue weighted by Gasteiger charge is 2.04. The smallest absolute Gasteiger partial charge is 0.269 e. The molecular weight excluding hydrogens is 334 g/mol. The van der Waals surface area contributed by atoms with Gasteiger partial charge in [-0.3, -0.25) is 9.36 Å². The van der Waals surface area contributed by atoms with Crippen LogP contribution in [0.25, 0.3) is 5.69 Å². The standard InChI is InChI=1S/C12H9Br2NO/c1-8-2-4-10(5-3-8)15-7-9(13)6-11(14)12(15)16/h2-7H,1H3. The Bertz CT molecular complexity index is 573. The minimum absolute atomic E-state index is 0.0629. The van der Waals surface area contributed by atoms with E-state index in [1.54, 1.807) is 16.8 Å². The Morgan fingerprint density at radius 2 is 1.75 bits per heavy atom. The molecule has 0 saturated carbocycles. The van der Waals surface area contributed by atoms with E-state index in [0.29, 0.717) is 4.47 Å². The van der Waals surface area contributed by atoms with Crippen molar-refractivity contribution in [1.82, 2.24) is 4.57 Å². The summed E-state index contributed by atoms with van der Waals surface area (Å²) in [5.41, 5.74) is 1.97. The summed E-state index contributed by atoms with van der Waals surface area (Å²) in [7, 11) is 0. The quantitative estimate of drug-likeness (QED) is 0.775. The number of aryl methyl sites for hydroxylation is 1. The predicted molar refractivity (Wildman–Crippen MR) is 72.2 cm³/mol. The third-order valence-electron chi connectivity index (χ3n) is 2.25. The van der Waals surface area contributed by atoms with Crippen molar-refractivity contribution < 1.29 is 0 Å². The van der Waals surface area contributed by atoms with Gasteiger partial charge in [0.2, 0.25) is 0 Å². The zero-order valence-electron chi connectivity index (χ0n) is 8.58. The second kappa shape index (κ2) is 4.55. The number of hydrogen-bond acceptors (Lipinski definition) is 1. The molecular formula is C12H9Br2NO. The lowest BCUT2D eigenvalue weighted by Crippen LogP contribution is -2.18. The van der Waals surface area contributed by atoms with E-state index in [4.69, 9.17) is 0 Å². The van der Waals surface area contributed by atoms with Crippen LogP contribution in [0.15, 0.2) is 50.3 Å². The van der Waals surface area contributed by atoms with E-state index in [-0.39, 0.29) is 5.56 Å². The predicted octanol–water partition coefficient (Wildman–Crippen LogP) is 3.67. The molecule has 4 heteroatoms. The van der Waals surface area contributed by atoms with Crippen molar-refractivity contribution in [3.8, 4) is 5.69 Å². The number of nitrogens with zero attached hydrogens (tertiary/aromatic N) is 1. The molecule has 82 valence electrons. The third-order valence-corrected chi connectivity index (χ3v) is 3.25. The molecule has 0 N–H and O–H groups in total. The van der Waals surface area contributed by atoms with Crippen LogP contribution in [0.1, 0.15) is 5.56 Å². The van der Waals surface area contributed by atoms with Crippen LogP contribution in [0.4, 0.5) is 0 Å². The molecule has 0 unspecified atom stereocenters. The van der Waals surface area contributed by atoms with Crippen molar-refractivity contribution in [1.29, 1.82) is 0 Å². The molecule has 0 fully saturated rings. The van der Waals surface area contributed by atoms with E-state index in [9.17, 15) is 4.79 Å². The van der Waals surface area contributed by atoms with Crippen LogP contribution in [0.2, 0.25) is 0 Å². The molecule has 0 saturated heterocycles. The lowest BCUT2D eigenvalue weighted by atomic mass is 10.2. The molecule has 0 aliphatic heterocycles. The number of halogens is 2. The number of aromatic nitrogens is 1. The van der Waals surface area contributed by atoms with Crippen LogP contribution in [0.3, 0.4) is 0 Å². The van der Waals surface area contributed by atoms with Crippen LogP contribution in [0.5, 0.6) is 0 Å². The second-order valence-corrected chi connectivity index (χ2v) is 5.29. The van der Waals surface area contributed by atoms with Crippen LogP contribution in [-0.2, 0) is 0 Å². The maximum atomic E-state index is 11.9. The first-order chi connectivity index (χ1) is 7.58. The molecule has 0 bridgehead atoms. The molecule has 0 atom stereocenters. The maximum Gasteiger partial charge on any atom is 0.269 e. The summed E-state index contributed by atoms with van der Waals surface area (Å²) < 4.78 is 3.01. The van der Waals surface area contributed by atoms with E-state index in [1.165, 1.54) is 5.56 Å². The molecule has 2 aromatic rings. The molecule has 0 aliphatic carbocycles. The highest BCUT2D eigenvalue weighted by atomic mass is 79.9. The molecule has 1 aromatic carbocycles. The first kappa shape index (κ1) is 11.6. The fourth-order valence-electron chi connectivity index (χ4n) is 1.41. The topological polar surface area (TPSA) is 22.0 Å². The molecule has 1 heterocycles. The van der Waals surface area contributed by atoms with Crippen molar-refractivity contribution in [2.45, 2.75) is 6.92 Å². The first-order valence-corrected chi connectivity index (χ1v) is 6.31. The zero-order chi connectivity index (χ0) is 11.7. The van der Waals surface area contributed by atoms with Gasteiger partial charge in [-0.05, 0) is 57.0 Å². The van der Waals surface area contributed by atoms with Crippen LogP contribution < -0.4 is 5.56 Å². The summed E-state index contributed by atoms with van der Waals surface area (Å²) in [4.78, 5) is 11.9. The minimum atomic E-state index is -0.0629. The molecule has 16 heavy (non-hydrogen) atoms. The monoisotopic (exact) mass is 341 g/mol. The normalized spacial score (nSPS) is 10.4. The summed E-state index contributed by atoms with van der Waals surface area (Å²) in [5, 5.41) is 0. The van der Waals surface area contributed by atoms with Gasteiger partial charge in [-0.25, -0.2) is 0 Å². The number of rotatable bonds is 1. The van der Waals surface area contributed by atoms with Gasteiger partial charge in [0.05, 0.1) is 4.47 Å². The van der Waals surface area contributed by atoms with Gasteiger partial charge in [-0.15, -0.1) is 0 Å². The zero-order valence-corrected chi connectivity index (χ0v) is 11.7. The first-order valence-electron chi connectivity index (χ1n) is 4.72. The summed E-state index contributed by atoms with van der Waals surface area (Å²) in [6.45, 7) is 2.02. The summed E-state index contributed by atoms with van der Waals surface area (Å²) >= 11 is 6.61. The fourth-order valence-corrected chi connectivity index (χ4v) is 2.59. The van der Waals surface area contributed by atoms with Gasteiger partial charge in [0.1, 0.15) is 0 Å². The van der Waals surface area contributed by atoms with Crippen molar-refractivity contribution in [2.75, 3.05) is 0 Å². The Hall–Kier alpha value is -0.870. The van der Waals surface area contributed by atoms with Gasteiger partial charge >= 0.3 is 0 Å². The Kier molecular flexibility index (Phi) is 3.30. The molecule has 1 aromatic heterocycles. The molecule has 0 radical (unpaired) electrons. The lowest BCUT2D eigenvalue weighted by molar-refractivity contribution is 0.972. The Balaban J connectivity index is 2.64. The summed E-state index contributed by atoms with van der Waals surface area (Å²) in [5.74, 6) is 0. The average Bonchev–Trinajstić information content (AvgIpc) is 2.25. The van der Waals surface area contributed by atoms with Crippen molar-refractivity contribution in [3.63, 3.8) is 0 Å². The van der Waals surface area contributed by atoms with Gasteiger partial charge in [-0.2, -0.15) is 0 Å². The number of hydrogen-bond donors (Lipinski definition) is 0. The number of benzene rings is 1. The van der Waals surface area contributed by atoms with Crippen LogP contribution >= 0.6 is 31.9 Å². The van der Waals surface area contributed by atoms with Gasteiger partial charge < -0.3 is 0 Å². The van der Waals surface area contributed by atoms with E-state index in [1.807, 2.05) is 31.2 Å². The van der Waals surface area contributed by atoms with E-state index in [0.717, 1.165) is 10.2 Å². The van der Waals surface area contributed by atoms with Gasteiger partial charge in [-0.1, -0.05) is 17.7 Å². The van der Waals surface area contributed by atoms with Gasteiger partial charge in [0, 0.05) is 16.4 Å². The molecule has 2 nitrogen and oxygen atoms in total.